The molecule has 0 aliphatic carbocycles. The van der Waals surface area contributed by atoms with Gasteiger partial charge in [-0.15, -0.1) is 11.8 Å². The highest BCUT2D eigenvalue weighted by Crippen LogP contribution is 2.37. The van der Waals surface area contributed by atoms with Crippen molar-refractivity contribution in [1.29, 1.82) is 0 Å². The second kappa shape index (κ2) is 7.72. The first kappa shape index (κ1) is 18.2. The Morgan fingerprint density at radius 2 is 2.04 bits per heavy atom. The zero-order valence-corrected chi connectivity index (χ0v) is 15.8. The molecule has 3 rings (SSSR count). The predicted molar refractivity (Wildman–Crippen MR) is 96.8 cm³/mol. The largest absolute Gasteiger partial charge is 0.497 e. The predicted octanol–water partition coefficient (Wildman–Crippen LogP) is 3.17. The van der Waals surface area contributed by atoms with Crippen LogP contribution >= 0.6 is 11.8 Å². The fraction of sp³-hybridized carbons (Fsp3) is 0.412. The summed E-state index contributed by atoms with van der Waals surface area (Å²) >= 11 is 1.72. The fourth-order valence-electron chi connectivity index (χ4n) is 2.82. The zero-order valence-electron chi connectivity index (χ0n) is 14.2. The van der Waals surface area contributed by atoms with Crippen LogP contribution in [-0.2, 0) is 10.0 Å². The van der Waals surface area contributed by atoms with E-state index in [-0.39, 0.29) is 10.1 Å². The Labute approximate surface area is 152 Å². The first-order chi connectivity index (χ1) is 12.1. The van der Waals surface area contributed by atoms with Crippen LogP contribution in [-0.4, -0.2) is 45.8 Å². The summed E-state index contributed by atoms with van der Waals surface area (Å²) in [6.07, 6.45) is 2.35. The third-order valence-electron chi connectivity index (χ3n) is 4.15. The summed E-state index contributed by atoms with van der Waals surface area (Å²) in [5, 5.41) is 0.174. The minimum absolute atomic E-state index is 0.164. The summed E-state index contributed by atoms with van der Waals surface area (Å²) in [4.78, 5) is 0.164. The maximum absolute atomic E-state index is 13.1. The molecular weight excluding hydrogens is 362 g/mol. The van der Waals surface area contributed by atoms with Gasteiger partial charge in [-0.05, 0) is 30.7 Å². The quantitative estimate of drug-likeness (QED) is 0.790. The number of methoxy groups -OCH3 is 2. The van der Waals surface area contributed by atoms with E-state index in [4.69, 9.17) is 13.9 Å². The van der Waals surface area contributed by atoms with Gasteiger partial charge in [0, 0.05) is 24.9 Å². The first-order valence-electron chi connectivity index (χ1n) is 7.93. The highest BCUT2D eigenvalue weighted by Gasteiger charge is 2.31. The lowest BCUT2D eigenvalue weighted by atomic mass is 10.2. The van der Waals surface area contributed by atoms with Crippen LogP contribution in [0.2, 0.25) is 0 Å². The first-order valence-corrected chi connectivity index (χ1v) is 10.4. The van der Waals surface area contributed by atoms with Gasteiger partial charge in [-0.25, -0.2) is 8.42 Å². The molecule has 0 bridgehead atoms. The van der Waals surface area contributed by atoms with Crippen molar-refractivity contribution in [3.05, 3.63) is 42.4 Å². The average molecular weight is 383 g/mol. The number of furan rings is 1. The summed E-state index contributed by atoms with van der Waals surface area (Å²) in [6, 6.07) is 8.56. The van der Waals surface area contributed by atoms with E-state index in [0.717, 1.165) is 5.76 Å². The van der Waals surface area contributed by atoms with E-state index in [1.54, 1.807) is 30.2 Å². The monoisotopic (exact) mass is 383 g/mol. The van der Waals surface area contributed by atoms with Crippen LogP contribution in [0, 0.1) is 0 Å². The Morgan fingerprint density at radius 1 is 1.20 bits per heavy atom. The van der Waals surface area contributed by atoms with Gasteiger partial charge < -0.3 is 13.9 Å². The van der Waals surface area contributed by atoms with Gasteiger partial charge in [0.25, 0.3) is 0 Å². The summed E-state index contributed by atoms with van der Waals surface area (Å²) in [6.45, 7) is 0.898. The van der Waals surface area contributed by atoms with Crippen LogP contribution in [0.15, 0.2) is 45.9 Å². The number of ether oxygens (including phenoxy) is 2. The minimum Gasteiger partial charge on any atom is -0.497 e. The molecule has 0 spiro atoms. The van der Waals surface area contributed by atoms with Gasteiger partial charge in [0.15, 0.2) is 0 Å². The number of sulfonamides is 1. The Balaban J connectivity index is 1.83. The third-order valence-corrected chi connectivity index (χ3v) is 7.38. The van der Waals surface area contributed by atoms with Crippen LogP contribution in [0.4, 0.5) is 0 Å². The van der Waals surface area contributed by atoms with Gasteiger partial charge in [-0.3, -0.25) is 0 Å². The minimum atomic E-state index is -3.64. The summed E-state index contributed by atoms with van der Waals surface area (Å²) in [7, 11) is -0.648. The molecule has 1 unspecified atom stereocenters. The van der Waals surface area contributed by atoms with Gasteiger partial charge in [0.1, 0.15) is 22.2 Å². The lowest BCUT2D eigenvalue weighted by Gasteiger charge is -2.21. The fourth-order valence-corrected chi connectivity index (χ4v) is 5.71. The molecule has 1 aliphatic heterocycles. The molecule has 1 aromatic heterocycles. The standard InChI is InChI=1S/C17H21NO5S2/c1-21-13-5-6-17(15(12-13)22-2)25(19,20)18-8-7-16(24-11-9-18)14-4-3-10-23-14/h3-6,10,12,16H,7-9,11H2,1-2H3. The van der Waals surface area contributed by atoms with E-state index < -0.39 is 10.0 Å². The number of rotatable bonds is 5. The van der Waals surface area contributed by atoms with Crippen molar-refractivity contribution in [3.63, 3.8) is 0 Å². The maximum atomic E-state index is 13.1. The van der Waals surface area contributed by atoms with E-state index in [1.165, 1.54) is 24.6 Å². The normalized spacial score (nSPS) is 19.4. The molecule has 2 heterocycles. The van der Waals surface area contributed by atoms with Gasteiger partial charge in [-0.1, -0.05) is 0 Å². The van der Waals surface area contributed by atoms with E-state index in [2.05, 4.69) is 0 Å². The molecule has 136 valence electrons. The van der Waals surface area contributed by atoms with Crippen molar-refractivity contribution in [2.75, 3.05) is 33.1 Å². The van der Waals surface area contributed by atoms with E-state index in [9.17, 15) is 8.42 Å². The van der Waals surface area contributed by atoms with Crippen LogP contribution in [0.5, 0.6) is 11.5 Å². The average Bonchev–Trinajstić information content (AvgIpc) is 3.05. The van der Waals surface area contributed by atoms with Crippen molar-refractivity contribution < 1.29 is 22.3 Å². The van der Waals surface area contributed by atoms with Crippen LogP contribution < -0.4 is 9.47 Å². The molecule has 0 saturated carbocycles. The number of benzene rings is 1. The molecule has 1 aromatic carbocycles. The highest BCUT2D eigenvalue weighted by molar-refractivity contribution is 7.99. The smallest absolute Gasteiger partial charge is 0.246 e. The topological polar surface area (TPSA) is 69.0 Å². The molecule has 0 N–H and O–H groups in total. The Hall–Kier alpha value is -1.64. The Morgan fingerprint density at radius 3 is 2.72 bits per heavy atom. The molecule has 6 nitrogen and oxygen atoms in total. The zero-order chi connectivity index (χ0) is 17.9. The van der Waals surface area contributed by atoms with Crippen LogP contribution in [0.3, 0.4) is 0 Å². The summed E-state index contributed by atoms with van der Waals surface area (Å²) < 4.78 is 43.6. The second-order valence-electron chi connectivity index (χ2n) is 5.58. The molecule has 25 heavy (non-hydrogen) atoms. The van der Waals surface area contributed by atoms with Gasteiger partial charge in [-0.2, -0.15) is 4.31 Å². The van der Waals surface area contributed by atoms with Crippen molar-refractivity contribution >= 4 is 21.8 Å². The summed E-state index contributed by atoms with van der Waals surface area (Å²) in [5.41, 5.74) is 0. The molecule has 1 atom stereocenters. The molecule has 8 heteroatoms. The number of hydrogen-bond donors (Lipinski definition) is 0. The molecule has 1 aliphatic rings. The van der Waals surface area contributed by atoms with Crippen molar-refractivity contribution in [3.8, 4) is 11.5 Å². The van der Waals surface area contributed by atoms with Crippen molar-refractivity contribution in [2.24, 2.45) is 0 Å². The number of hydrogen-bond acceptors (Lipinski definition) is 6. The maximum Gasteiger partial charge on any atom is 0.246 e. The third kappa shape index (κ3) is 3.80. The lowest BCUT2D eigenvalue weighted by molar-refractivity contribution is 0.380. The Bertz CT molecular complexity index is 804. The molecule has 1 fully saturated rings. The second-order valence-corrected chi connectivity index (χ2v) is 8.80. The lowest BCUT2D eigenvalue weighted by Crippen LogP contribution is -2.33. The van der Waals surface area contributed by atoms with E-state index >= 15 is 0 Å². The van der Waals surface area contributed by atoms with E-state index in [1.807, 2.05) is 12.1 Å². The molecular formula is C17H21NO5S2. The van der Waals surface area contributed by atoms with Gasteiger partial charge >= 0.3 is 0 Å². The van der Waals surface area contributed by atoms with Crippen LogP contribution in [0.1, 0.15) is 17.4 Å². The highest BCUT2D eigenvalue weighted by atomic mass is 32.2. The summed E-state index contributed by atoms with van der Waals surface area (Å²) in [5.74, 6) is 2.45. The van der Waals surface area contributed by atoms with E-state index in [0.29, 0.717) is 36.8 Å². The van der Waals surface area contributed by atoms with Gasteiger partial charge in [0.2, 0.25) is 10.0 Å². The Kier molecular flexibility index (Phi) is 5.61. The number of thioether (sulfide) groups is 1. The molecule has 0 amide bonds. The molecule has 0 radical (unpaired) electrons. The molecule has 2 aromatic rings. The number of nitrogens with zero attached hydrogens (tertiary/aromatic N) is 1. The van der Waals surface area contributed by atoms with Gasteiger partial charge in [0.05, 0.1) is 25.7 Å². The van der Waals surface area contributed by atoms with Crippen molar-refractivity contribution in [2.45, 2.75) is 16.6 Å². The van der Waals surface area contributed by atoms with Crippen LogP contribution in [0.25, 0.3) is 0 Å². The SMILES string of the molecule is COc1ccc(S(=O)(=O)N2CCSC(c3ccco3)CC2)c(OC)c1. The molecule has 1 saturated heterocycles. The van der Waals surface area contributed by atoms with Crippen molar-refractivity contribution in [1.82, 2.24) is 4.31 Å².